The van der Waals surface area contributed by atoms with Crippen LogP contribution in [0.4, 0.5) is 0 Å². The molecule has 0 bridgehead atoms. The molecule has 2 rings (SSSR count). The van der Waals surface area contributed by atoms with Crippen molar-refractivity contribution in [3.63, 3.8) is 0 Å². The van der Waals surface area contributed by atoms with Crippen LogP contribution < -0.4 is 0 Å². The minimum atomic E-state index is 0.882. The molecule has 3 nitrogen and oxygen atoms in total. The molecule has 1 heterocycles. The van der Waals surface area contributed by atoms with Gasteiger partial charge in [-0.3, -0.25) is 0 Å². The maximum Gasteiger partial charge on any atom is 0.136 e. The predicted molar refractivity (Wildman–Crippen MR) is 170 cm³/mol. The fourth-order valence-corrected chi connectivity index (χ4v) is 4.83. The molecule has 1 aromatic carbocycles. The van der Waals surface area contributed by atoms with Gasteiger partial charge in [-0.2, -0.15) is 0 Å². The third-order valence-corrected chi connectivity index (χ3v) is 7.20. The largest absolute Gasteiger partial charge is 0.375 e. The van der Waals surface area contributed by atoms with Gasteiger partial charge in [0, 0.05) is 42.8 Å². The van der Waals surface area contributed by atoms with E-state index in [-0.39, 0.29) is 0 Å². The first-order chi connectivity index (χ1) is 18.4. The molecule has 0 fully saturated rings. The van der Waals surface area contributed by atoms with Gasteiger partial charge in [0.1, 0.15) is 5.82 Å². The summed E-state index contributed by atoms with van der Waals surface area (Å²) in [5.41, 5.74) is 7.90. The van der Waals surface area contributed by atoms with Gasteiger partial charge in [0.25, 0.3) is 0 Å². The number of hydrogen-bond donors (Lipinski definition) is 0. The van der Waals surface area contributed by atoms with Gasteiger partial charge in [-0.25, -0.2) is 4.99 Å². The van der Waals surface area contributed by atoms with Crippen molar-refractivity contribution in [2.45, 2.75) is 85.5 Å². The Labute approximate surface area is 233 Å². The van der Waals surface area contributed by atoms with E-state index in [1.54, 1.807) is 0 Å². The first kappa shape index (κ1) is 31.1. The van der Waals surface area contributed by atoms with Crippen LogP contribution in [0.25, 0.3) is 11.3 Å². The van der Waals surface area contributed by atoms with Crippen molar-refractivity contribution in [2.24, 2.45) is 4.99 Å². The first-order valence-electron chi connectivity index (χ1n) is 14.6. The van der Waals surface area contributed by atoms with Gasteiger partial charge in [0.05, 0.1) is 0 Å². The SMILES string of the molecule is C=C/C=C(\C=C/C)N1CCC(C(=C)c2cccc(C(=C)N(C)CCCC)c2)=C1/N=C(\C)CCCCCCC. The lowest BCUT2D eigenvalue weighted by Crippen LogP contribution is -2.18. The molecule has 0 amide bonds. The summed E-state index contributed by atoms with van der Waals surface area (Å²) in [7, 11) is 2.13. The first-order valence-corrected chi connectivity index (χ1v) is 14.6. The fourth-order valence-electron chi connectivity index (χ4n) is 4.83. The van der Waals surface area contributed by atoms with E-state index >= 15 is 0 Å². The summed E-state index contributed by atoms with van der Waals surface area (Å²) in [6.07, 6.45) is 18.8. The van der Waals surface area contributed by atoms with Crippen LogP contribution in [0.5, 0.6) is 0 Å². The van der Waals surface area contributed by atoms with E-state index in [2.05, 4.69) is 107 Å². The third kappa shape index (κ3) is 9.04. The van der Waals surface area contributed by atoms with Crippen LogP contribution in [-0.4, -0.2) is 35.6 Å². The Hall–Kier alpha value is -3.07. The van der Waals surface area contributed by atoms with Crippen molar-refractivity contribution in [1.29, 1.82) is 0 Å². The molecular formula is C35H51N3. The van der Waals surface area contributed by atoms with E-state index < -0.39 is 0 Å². The zero-order chi connectivity index (χ0) is 27.9. The van der Waals surface area contributed by atoms with Gasteiger partial charge in [0.15, 0.2) is 0 Å². The van der Waals surface area contributed by atoms with Crippen molar-refractivity contribution < 1.29 is 0 Å². The Balaban J connectivity index is 2.42. The summed E-state index contributed by atoms with van der Waals surface area (Å²) in [4.78, 5) is 9.81. The molecule has 0 aromatic heterocycles. The van der Waals surface area contributed by atoms with Crippen molar-refractivity contribution in [3.8, 4) is 0 Å². The van der Waals surface area contributed by atoms with Crippen LogP contribution in [0, 0.1) is 0 Å². The Kier molecular flexibility index (Phi) is 13.7. The highest BCUT2D eigenvalue weighted by atomic mass is 15.2. The number of benzene rings is 1. The topological polar surface area (TPSA) is 18.8 Å². The average Bonchev–Trinajstić information content (AvgIpc) is 3.33. The number of hydrogen-bond acceptors (Lipinski definition) is 3. The third-order valence-electron chi connectivity index (χ3n) is 7.20. The van der Waals surface area contributed by atoms with E-state index in [4.69, 9.17) is 4.99 Å². The zero-order valence-electron chi connectivity index (χ0n) is 24.9. The molecule has 0 saturated heterocycles. The molecule has 1 aliphatic heterocycles. The lowest BCUT2D eigenvalue weighted by Gasteiger charge is -2.23. The maximum absolute atomic E-state index is 5.23. The van der Waals surface area contributed by atoms with Crippen molar-refractivity contribution >= 4 is 17.0 Å². The monoisotopic (exact) mass is 513 g/mol. The number of aliphatic imine (C=N–C) groups is 1. The molecular weight excluding hydrogens is 462 g/mol. The van der Waals surface area contributed by atoms with Gasteiger partial charge in [0.2, 0.25) is 0 Å². The van der Waals surface area contributed by atoms with Crippen LogP contribution >= 0.6 is 0 Å². The number of unbranched alkanes of at least 4 members (excludes halogenated alkanes) is 5. The van der Waals surface area contributed by atoms with Gasteiger partial charge in [-0.05, 0) is 74.4 Å². The van der Waals surface area contributed by atoms with E-state index in [1.165, 1.54) is 49.8 Å². The van der Waals surface area contributed by atoms with E-state index in [0.717, 1.165) is 66.3 Å². The normalized spacial score (nSPS) is 14.5. The quantitative estimate of drug-likeness (QED) is 0.117. The molecule has 1 aliphatic rings. The summed E-state index contributed by atoms with van der Waals surface area (Å²) in [5, 5.41) is 0. The second kappa shape index (κ2) is 16.7. The summed E-state index contributed by atoms with van der Waals surface area (Å²) >= 11 is 0. The Bertz CT molecular complexity index is 1070. The molecule has 0 spiro atoms. The second-order valence-electron chi connectivity index (χ2n) is 10.3. The van der Waals surface area contributed by atoms with Gasteiger partial charge >= 0.3 is 0 Å². The smallest absolute Gasteiger partial charge is 0.136 e. The molecule has 0 unspecified atom stereocenters. The second-order valence-corrected chi connectivity index (χ2v) is 10.3. The fraction of sp³-hybridized carbons (Fsp3) is 0.457. The minimum absolute atomic E-state index is 0.882. The van der Waals surface area contributed by atoms with Crippen LogP contribution in [0.15, 0.2) is 90.4 Å². The molecule has 206 valence electrons. The van der Waals surface area contributed by atoms with Crippen LogP contribution in [-0.2, 0) is 0 Å². The number of allylic oxidation sites excluding steroid dienone is 5. The van der Waals surface area contributed by atoms with Gasteiger partial charge in [-0.1, -0.05) is 96.0 Å². The van der Waals surface area contributed by atoms with Gasteiger partial charge in [-0.15, -0.1) is 0 Å². The molecule has 0 N–H and O–H groups in total. The molecule has 38 heavy (non-hydrogen) atoms. The molecule has 0 atom stereocenters. The molecule has 0 saturated carbocycles. The van der Waals surface area contributed by atoms with E-state index in [0.29, 0.717) is 0 Å². The maximum atomic E-state index is 5.23. The highest BCUT2D eigenvalue weighted by Gasteiger charge is 2.26. The summed E-state index contributed by atoms with van der Waals surface area (Å²) in [6.45, 7) is 23.5. The highest BCUT2D eigenvalue weighted by molar-refractivity contribution is 5.85. The Morgan fingerprint density at radius 2 is 1.76 bits per heavy atom. The molecule has 3 heteroatoms. The molecule has 1 aromatic rings. The lowest BCUT2D eigenvalue weighted by molar-refractivity contribution is 0.463. The standard InChI is InChI=1S/C35H51N3/c1-9-13-15-16-17-21-28(5)36-35-34(24-26-38(35)33(19-11-3)20-12-4)29(6)31-22-18-23-32(27-31)30(7)37(8)25-14-10-2/h11-12,18-20,22-23,27H,3,6-7,9-10,13-17,21,24-26H2,1-2,4-5,8H3/b20-12-,33-19+,36-28+. The van der Waals surface area contributed by atoms with E-state index in [1.807, 2.05) is 6.08 Å². The van der Waals surface area contributed by atoms with Crippen LogP contribution in [0.1, 0.15) is 96.6 Å². The zero-order valence-corrected chi connectivity index (χ0v) is 24.9. The molecule has 0 radical (unpaired) electrons. The van der Waals surface area contributed by atoms with Gasteiger partial charge < -0.3 is 9.80 Å². The number of rotatable bonds is 17. The predicted octanol–water partition coefficient (Wildman–Crippen LogP) is 9.79. The number of nitrogens with zero attached hydrogens (tertiary/aromatic N) is 3. The summed E-state index contributed by atoms with van der Waals surface area (Å²) < 4.78 is 0. The Morgan fingerprint density at radius 1 is 1.05 bits per heavy atom. The van der Waals surface area contributed by atoms with Crippen molar-refractivity contribution in [2.75, 3.05) is 20.1 Å². The summed E-state index contributed by atoms with van der Waals surface area (Å²) in [6, 6.07) is 8.66. The molecule has 0 aliphatic carbocycles. The van der Waals surface area contributed by atoms with Crippen molar-refractivity contribution in [1.82, 2.24) is 9.80 Å². The van der Waals surface area contributed by atoms with Crippen LogP contribution in [0.2, 0.25) is 0 Å². The van der Waals surface area contributed by atoms with Crippen LogP contribution in [0.3, 0.4) is 0 Å². The minimum Gasteiger partial charge on any atom is -0.375 e. The van der Waals surface area contributed by atoms with Crippen molar-refractivity contribution in [3.05, 3.63) is 96.5 Å². The summed E-state index contributed by atoms with van der Waals surface area (Å²) in [5.74, 6) is 1.02. The lowest BCUT2D eigenvalue weighted by atomic mass is 9.96. The highest BCUT2D eigenvalue weighted by Crippen LogP contribution is 2.37. The average molecular weight is 514 g/mol. The Morgan fingerprint density at radius 3 is 2.45 bits per heavy atom. The van der Waals surface area contributed by atoms with E-state index in [9.17, 15) is 0 Å².